The molecule has 0 N–H and O–H groups in total. The molecule has 110 valence electrons. The van der Waals surface area contributed by atoms with Crippen LogP contribution < -0.4 is 0 Å². The Morgan fingerprint density at radius 1 is 0.895 bits per heavy atom. The Labute approximate surface area is 123 Å². The maximum absolute atomic E-state index is 11.0. The van der Waals surface area contributed by atoms with Gasteiger partial charge in [0.15, 0.2) is 0 Å². The van der Waals surface area contributed by atoms with Gasteiger partial charge in [0.05, 0.1) is 0 Å². The van der Waals surface area contributed by atoms with Gasteiger partial charge in [0.2, 0.25) is 5.24 Å². The third-order valence-electron chi connectivity index (χ3n) is 5.60. The average Bonchev–Trinajstić information content (AvgIpc) is 2.40. The molecule has 0 amide bonds. The van der Waals surface area contributed by atoms with Crippen LogP contribution in [-0.4, -0.2) is 5.24 Å². The zero-order valence-electron chi connectivity index (χ0n) is 12.4. The first-order valence-electron chi connectivity index (χ1n) is 8.37. The normalized spacial score (nSPS) is 36.1. The molecule has 1 nitrogen and oxygen atoms in total. The topological polar surface area (TPSA) is 17.1 Å². The number of carbonyl (C=O) groups excluding carboxylic acids is 1. The summed E-state index contributed by atoms with van der Waals surface area (Å²) in [7, 11) is 0. The molecule has 2 rings (SSSR count). The van der Waals surface area contributed by atoms with Crippen LogP contribution in [0.1, 0.15) is 77.6 Å². The van der Waals surface area contributed by atoms with E-state index in [0.717, 1.165) is 17.8 Å². The fourth-order valence-corrected chi connectivity index (χ4v) is 4.67. The summed E-state index contributed by atoms with van der Waals surface area (Å²) >= 11 is 5.50. The van der Waals surface area contributed by atoms with Crippen LogP contribution in [0.4, 0.5) is 0 Å². The number of halogens is 1. The van der Waals surface area contributed by atoms with E-state index < -0.39 is 0 Å². The van der Waals surface area contributed by atoms with Crippen molar-refractivity contribution in [2.24, 2.45) is 23.7 Å². The Hall–Kier alpha value is -0.0400. The maximum atomic E-state index is 11.0. The van der Waals surface area contributed by atoms with Crippen LogP contribution in [-0.2, 0) is 4.79 Å². The van der Waals surface area contributed by atoms with Crippen LogP contribution in [0.2, 0.25) is 0 Å². The van der Waals surface area contributed by atoms with Gasteiger partial charge in [0.25, 0.3) is 0 Å². The Balaban J connectivity index is 1.69. The number of hydrogen-bond donors (Lipinski definition) is 0. The van der Waals surface area contributed by atoms with Crippen molar-refractivity contribution >= 4 is 16.8 Å². The average molecular weight is 285 g/mol. The molecule has 0 aliphatic heterocycles. The minimum Gasteiger partial charge on any atom is -0.281 e. The van der Waals surface area contributed by atoms with Crippen molar-refractivity contribution in [3.8, 4) is 0 Å². The summed E-state index contributed by atoms with van der Waals surface area (Å²) in [4.78, 5) is 11.0. The lowest BCUT2D eigenvalue weighted by Crippen LogP contribution is -2.26. The summed E-state index contributed by atoms with van der Waals surface area (Å²) in [6.45, 7) is 2.31. The van der Waals surface area contributed by atoms with Gasteiger partial charge in [-0.05, 0) is 73.8 Å². The molecule has 2 aliphatic rings. The second kappa shape index (κ2) is 7.67. The Kier molecular flexibility index (Phi) is 6.19. The highest BCUT2D eigenvalue weighted by molar-refractivity contribution is 6.63. The third-order valence-corrected chi connectivity index (χ3v) is 5.75. The fraction of sp³-hybridized carbons (Fsp3) is 0.941. The number of rotatable bonds is 5. The van der Waals surface area contributed by atoms with Gasteiger partial charge < -0.3 is 0 Å². The summed E-state index contributed by atoms with van der Waals surface area (Å²) in [6.07, 6.45) is 14.4. The molecule has 0 bridgehead atoms. The van der Waals surface area contributed by atoms with Crippen molar-refractivity contribution in [2.45, 2.75) is 77.6 Å². The zero-order chi connectivity index (χ0) is 13.7. The summed E-state index contributed by atoms with van der Waals surface area (Å²) in [5, 5.41) is -0.136. The van der Waals surface area contributed by atoms with Crippen LogP contribution in [0.15, 0.2) is 0 Å². The third kappa shape index (κ3) is 4.77. The van der Waals surface area contributed by atoms with Gasteiger partial charge in [-0.2, -0.15) is 0 Å². The Bertz CT molecular complexity index is 273. The van der Waals surface area contributed by atoms with E-state index in [1.807, 2.05) is 0 Å². The van der Waals surface area contributed by atoms with E-state index in [2.05, 4.69) is 6.92 Å². The van der Waals surface area contributed by atoms with E-state index in [0.29, 0.717) is 12.3 Å². The van der Waals surface area contributed by atoms with Crippen molar-refractivity contribution in [1.29, 1.82) is 0 Å². The molecule has 0 saturated heterocycles. The predicted octanol–water partition coefficient (Wildman–Crippen LogP) is 5.55. The first-order chi connectivity index (χ1) is 9.19. The lowest BCUT2D eigenvalue weighted by atomic mass is 9.68. The van der Waals surface area contributed by atoms with Gasteiger partial charge in [-0.1, -0.05) is 32.6 Å². The maximum Gasteiger partial charge on any atom is 0.221 e. The number of hydrogen-bond acceptors (Lipinski definition) is 1. The molecular weight excluding hydrogens is 256 g/mol. The van der Waals surface area contributed by atoms with Crippen LogP contribution in [0.25, 0.3) is 0 Å². The molecule has 0 aromatic rings. The van der Waals surface area contributed by atoms with Gasteiger partial charge in [-0.3, -0.25) is 4.79 Å². The predicted molar refractivity (Wildman–Crippen MR) is 81.3 cm³/mol. The molecule has 2 fully saturated rings. The van der Waals surface area contributed by atoms with Crippen molar-refractivity contribution in [2.75, 3.05) is 0 Å². The molecule has 2 saturated carbocycles. The van der Waals surface area contributed by atoms with E-state index in [4.69, 9.17) is 11.6 Å². The molecular formula is C17H29ClO. The molecule has 0 heterocycles. The summed E-state index contributed by atoms with van der Waals surface area (Å²) in [6, 6.07) is 0. The van der Waals surface area contributed by atoms with E-state index in [9.17, 15) is 4.79 Å². The first-order valence-corrected chi connectivity index (χ1v) is 8.75. The Morgan fingerprint density at radius 3 is 1.79 bits per heavy atom. The Morgan fingerprint density at radius 2 is 1.37 bits per heavy atom. The fourth-order valence-electron chi connectivity index (χ4n) is 4.45. The molecule has 0 atom stereocenters. The standard InChI is InChI=1S/C17H29ClO/c1-2-3-13-4-8-15(9-5-13)16-10-6-14(7-11-16)12-17(18)19/h13-16H,2-12H2,1H3/t13-,14-,15-,16-. The minimum absolute atomic E-state index is 0.136. The van der Waals surface area contributed by atoms with Crippen LogP contribution in [0.5, 0.6) is 0 Å². The first kappa shape index (κ1) is 15.4. The van der Waals surface area contributed by atoms with Crippen molar-refractivity contribution < 1.29 is 4.79 Å². The second-order valence-electron chi connectivity index (χ2n) is 6.91. The molecule has 0 aromatic heterocycles. The molecule has 0 radical (unpaired) electrons. The van der Waals surface area contributed by atoms with Crippen molar-refractivity contribution in [3.05, 3.63) is 0 Å². The lowest BCUT2D eigenvalue weighted by Gasteiger charge is -2.37. The SMILES string of the molecule is CCC[C@H]1CC[C@H]([C@H]2CC[C@H](CC(=O)Cl)CC2)CC1. The van der Waals surface area contributed by atoms with Crippen molar-refractivity contribution in [1.82, 2.24) is 0 Å². The summed E-state index contributed by atoms with van der Waals surface area (Å²) in [5.74, 6) is 3.54. The second-order valence-corrected chi connectivity index (χ2v) is 7.33. The van der Waals surface area contributed by atoms with Gasteiger partial charge in [-0.15, -0.1) is 0 Å². The van der Waals surface area contributed by atoms with Gasteiger partial charge in [-0.25, -0.2) is 0 Å². The quantitative estimate of drug-likeness (QED) is 0.605. The monoisotopic (exact) mass is 284 g/mol. The highest BCUT2D eigenvalue weighted by Gasteiger charge is 2.30. The highest BCUT2D eigenvalue weighted by atomic mass is 35.5. The summed E-state index contributed by atoms with van der Waals surface area (Å²) < 4.78 is 0. The van der Waals surface area contributed by atoms with E-state index in [-0.39, 0.29) is 5.24 Å². The molecule has 2 aliphatic carbocycles. The minimum atomic E-state index is -0.136. The van der Waals surface area contributed by atoms with E-state index >= 15 is 0 Å². The number of carbonyl (C=O) groups is 1. The van der Waals surface area contributed by atoms with Crippen LogP contribution in [0.3, 0.4) is 0 Å². The van der Waals surface area contributed by atoms with Crippen molar-refractivity contribution in [3.63, 3.8) is 0 Å². The summed E-state index contributed by atoms with van der Waals surface area (Å²) in [5.41, 5.74) is 0. The zero-order valence-corrected chi connectivity index (χ0v) is 13.1. The van der Waals surface area contributed by atoms with Crippen LogP contribution in [0, 0.1) is 23.7 Å². The van der Waals surface area contributed by atoms with Crippen LogP contribution >= 0.6 is 11.6 Å². The highest BCUT2D eigenvalue weighted by Crippen LogP contribution is 2.42. The van der Waals surface area contributed by atoms with Gasteiger partial charge >= 0.3 is 0 Å². The molecule has 0 aromatic carbocycles. The molecule has 2 heteroatoms. The van der Waals surface area contributed by atoms with E-state index in [1.54, 1.807) is 0 Å². The molecule has 0 unspecified atom stereocenters. The van der Waals surface area contributed by atoms with Gasteiger partial charge in [0, 0.05) is 6.42 Å². The molecule has 19 heavy (non-hydrogen) atoms. The molecule has 0 spiro atoms. The van der Waals surface area contributed by atoms with Gasteiger partial charge in [0.1, 0.15) is 0 Å². The lowest BCUT2D eigenvalue weighted by molar-refractivity contribution is -0.112. The van der Waals surface area contributed by atoms with E-state index in [1.165, 1.54) is 64.2 Å². The largest absolute Gasteiger partial charge is 0.281 e. The smallest absolute Gasteiger partial charge is 0.221 e.